The van der Waals surface area contributed by atoms with Crippen LogP contribution in [0.3, 0.4) is 0 Å². The molecule has 0 amide bonds. The summed E-state index contributed by atoms with van der Waals surface area (Å²) < 4.78 is 7.58. The van der Waals surface area contributed by atoms with E-state index in [2.05, 4.69) is 34.9 Å². The highest BCUT2D eigenvalue weighted by Gasteiger charge is 2.27. The van der Waals surface area contributed by atoms with Crippen LogP contribution in [-0.2, 0) is 5.75 Å². The largest absolute Gasteiger partial charge is 0.497 e. The summed E-state index contributed by atoms with van der Waals surface area (Å²) in [7, 11) is 1.70. The Balaban J connectivity index is 1.82. The molecule has 3 nitrogen and oxygen atoms in total. The molecule has 4 heteroatoms. The van der Waals surface area contributed by atoms with Crippen LogP contribution in [0.25, 0.3) is 11.0 Å². The predicted octanol–water partition coefficient (Wildman–Crippen LogP) is 3.84. The lowest BCUT2D eigenvalue weighted by atomic mass is 10.2. The molecule has 0 N–H and O–H groups in total. The van der Waals surface area contributed by atoms with E-state index in [-0.39, 0.29) is 0 Å². The van der Waals surface area contributed by atoms with Gasteiger partial charge in [0.05, 0.1) is 23.9 Å². The maximum Gasteiger partial charge on any atom is 0.121 e. The Bertz CT molecular complexity index is 764. The quantitative estimate of drug-likeness (QED) is 0.714. The third kappa shape index (κ3) is 1.72. The lowest BCUT2D eigenvalue weighted by Crippen LogP contribution is -2.03. The van der Waals surface area contributed by atoms with Crippen LogP contribution in [0.1, 0.15) is 16.8 Å². The van der Waals surface area contributed by atoms with Crippen molar-refractivity contribution < 1.29 is 4.74 Å². The van der Waals surface area contributed by atoms with Crippen molar-refractivity contribution >= 4 is 22.8 Å². The van der Waals surface area contributed by atoms with E-state index in [1.165, 1.54) is 11.1 Å². The number of nitrogens with zero attached hydrogens (tertiary/aromatic N) is 2. The molecule has 1 unspecified atom stereocenters. The molecule has 0 spiro atoms. The second-order valence-electron chi connectivity index (χ2n) is 4.82. The monoisotopic (exact) mass is 282 g/mol. The topological polar surface area (TPSA) is 27.1 Å². The van der Waals surface area contributed by atoms with Crippen LogP contribution in [0, 0.1) is 0 Å². The van der Waals surface area contributed by atoms with Gasteiger partial charge in [-0.1, -0.05) is 24.3 Å². The molecule has 2 aromatic carbocycles. The summed E-state index contributed by atoms with van der Waals surface area (Å²) in [6.45, 7) is 0. The highest BCUT2D eigenvalue weighted by molar-refractivity contribution is 7.99. The van der Waals surface area contributed by atoms with E-state index in [0.717, 1.165) is 22.8 Å². The summed E-state index contributed by atoms with van der Waals surface area (Å²) >= 11 is 1.92. The van der Waals surface area contributed by atoms with E-state index >= 15 is 0 Å². The van der Waals surface area contributed by atoms with E-state index in [1.807, 2.05) is 30.0 Å². The first-order chi connectivity index (χ1) is 9.86. The van der Waals surface area contributed by atoms with Gasteiger partial charge in [0.2, 0.25) is 0 Å². The minimum absolute atomic E-state index is 0.309. The van der Waals surface area contributed by atoms with Gasteiger partial charge in [-0.25, -0.2) is 4.98 Å². The molecule has 1 atom stereocenters. The standard InChI is InChI=1S/C16H14N2OS/c1-19-12-8-6-11(7-9-12)16-18-14-5-3-2-4-13(14)17-15(18)10-20-16/h2-9,16H,10H2,1H3. The second kappa shape index (κ2) is 4.56. The van der Waals surface area contributed by atoms with E-state index in [9.17, 15) is 0 Å². The fourth-order valence-corrected chi connectivity index (χ4v) is 3.94. The Morgan fingerprint density at radius 2 is 1.95 bits per heavy atom. The van der Waals surface area contributed by atoms with Gasteiger partial charge in [0, 0.05) is 0 Å². The van der Waals surface area contributed by atoms with E-state index in [0.29, 0.717) is 5.37 Å². The number of thioether (sulfide) groups is 1. The van der Waals surface area contributed by atoms with Crippen molar-refractivity contribution in [2.75, 3.05) is 7.11 Å². The zero-order chi connectivity index (χ0) is 13.5. The highest BCUT2D eigenvalue weighted by Crippen LogP contribution is 2.42. The average Bonchev–Trinajstić information content (AvgIpc) is 3.06. The van der Waals surface area contributed by atoms with Gasteiger partial charge in [-0.3, -0.25) is 0 Å². The fraction of sp³-hybridized carbons (Fsp3) is 0.188. The minimum Gasteiger partial charge on any atom is -0.497 e. The Kier molecular flexibility index (Phi) is 2.70. The van der Waals surface area contributed by atoms with Crippen molar-refractivity contribution in [1.82, 2.24) is 9.55 Å². The molecule has 20 heavy (non-hydrogen) atoms. The SMILES string of the molecule is COc1ccc(C2SCc3nc4ccccc4n32)cc1. The number of hydrogen-bond donors (Lipinski definition) is 0. The third-order valence-corrected chi connectivity index (χ3v) is 4.90. The summed E-state index contributed by atoms with van der Waals surface area (Å²) in [6, 6.07) is 16.7. The van der Waals surface area contributed by atoms with Gasteiger partial charge in [-0.2, -0.15) is 0 Å². The molecule has 0 bridgehead atoms. The summed E-state index contributed by atoms with van der Waals surface area (Å²) in [5, 5.41) is 0.309. The number of para-hydroxylation sites is 2. The Labute approximate surface area is 121 Å². The summed E-state index contributed by atoms with van der Waals surface area (Å²) in [5.74, 6) is 3.02. The second-order valence-corrected chi connectivity index (χ2v) is 5.89. The number of imidazole rings is 1. The molecule has 1 aliphatic rings. The van der Waals surface area contributed by atoms with Crippen LogP contribution in [0.15, 0.2) is 48.5 Å². The van der Waals surface area contributed by atoms with Crippen LogP contribution in [0.5, 0.6) is 5.75 Å². The zero-order valence-corrected chi connectivity index (χ0v) is 11.9. The Morgan fingerprint density at radius 1 is 1.15 bits per heavy atom. The van der Waals surface area contributed by atoms with Crippen LogP contribution < -0.4 is 4.74 Å². The van der Waals surface area contributed by atoms with Crippen LogP contribution in [0.4, 0.5) is 0 Å². The van der Waals surface area contributed by atoms with Crippen molar-refractivity contribution in [1.29, 1.82) is 0 Å². The van der Waals surface area contributed by atoms with Crippen molar-refractivity contribution in [3.8, 4) is 5.75 Å². The van der Waals surface area contributed by atoms with Gasteiger partial charge in [0.1, 0.15) is 16.9 Å². The molecular formula is C16H14N2OS. The molecule has 0 saturated carbocycles. The normalized spacial score (nSPS) is 17.4. The van der Waals surface area contributed by atoms with E-state index in [4.69, 9.17) is 9.72 Å². The van der Waals surface area contributed by atoms with Gasteiger partial charge in [-0.05, 0) is 29.8 Å². The number of aromatic nitrogens is 2. The Morgan fingerprint density at radius 3 is 2.75 bits per heavy atom. The smallest absolute Gasteiger partial charge is 0.121 e. The number of hydrogen-bond acceptors (Lipinski definition) is 3. The van der Waals surface area contributed by atoms with Gasteiger partial charge in [-0.15, -0.1) is 11.8 Å². The van der Waals surface area contributed by atoms with Crippen molar-refractivity contribution in [2.24, 2.45) is 0 Å². The maximum absolute atomic E-state index is 5.23. The number of fused-ring (bicyclic) bond motifs is 3. The number of rotatable bonds is 2. The summed E-state index contributed by atoms with van der Waals surface area (Å²) in [6.07, 6.45) is 0. The van der Waals surface area contributed by atoms with Gasteiger partial charge >= 0.3 is 0 Å². The van der Waals surface area contributed by atoms with Gasteiger partial charge in [0.25, 0.3) is 0 Å². The van der Waals surface area contributed by atoms with Crippen LogP contribution in [0.2, 0.25) is 0 Å². The van der Waals surface area contributed by atoms with Gasteiger partial charge in [0.15, 0.2) is 0 Å². The molecule has 0 saturated heterocycles. The molecule has 0 aliphatic carbocycles. The predicted molar refractivity (Wildman–Crippen MR) is 82.2 cm³/mol. The minimum atomic E-state index is 0.309. The lowest BCUT2D eigenvalue weighted by Gasteiger charge is -2.14. The van der Waals surface area contributed by atoms with Crippen molar-refractivity contribution in [3.05, 3.63) is 59.9 Å². The molecule has 1 aliphatic heterocycles. The number of methoxy groups -OCH3 is 1. The maximum atomic E-state index is 5.23. The van der Waals surface area contributed by atoms with Crippen LogP contribution >= 0.6 is 11.8 Å². The van der Waals surface area contributed by atoms with E-state index in [1.54, 1.807) is 7.11 Å². The molecule has 0 radical (unpaired) electrons. The molecule has 0 fully saturated rings. The van der Waals surface area contributed by atoms with Crippen molar-refractivity contribution in [3.63, 3.8) is 0 Å². The summed E-state index contributed by atoms with van der Waals surface area (Å²) in [5.41, 5.74) is 3.59. The molecule has 2 heterocycles. The molecule has 100 valence electrons. The molecule has 1 aromatic heterocycles. The zero-order valence-electron chi connectivity index (χ0n) is 11.1. The molecule has 4 rings (SSSR count). The van der Waals surface area contributed by atoms with Crippen LogP contribution in [-0.4, -0.2) is 16.7 Å². The van der Waals surface area contributed by atoms with Gasteiger partial charge < -0.3 is 9.30 Å². The Hall–Kier alpha value is -1.94. The number of benzene rings is 2. The first-order valence-electron chi connectivity index (χ1n) is 6.58. The lowest BCUT2D eigenvalue weighted by molar-refractivity contribution is 0.414. The molecular weight excluding hydrogens is 268 g/mol. The van der Waals surface area contributed by atoms with Crippen molar-refractivity contribution in [2.45, 2.75) is 11.1 Å². The van der Waals surface area contributed by atoms with E-state index < -0.39 is 0 Å². The number of ether oxygens (including phenoxy) is 1. The highest BCUT2D eigenvalue weighted by atomic mass is 32.2. The fourth-order valence-electron chi connectivity index (χ4n) is 2.70. The first kappa shape index (κ1) is 11.9. The molecule has 3 aromatic rings. The third-order valence-electron chi connectivity index (χ3n) is 3.67. The first-order valence-corrected chi connectivity index (χ1v) is 7.63. The summed E-state index contributed by atoms with van der Waals surface area (Å²) in [4.78, 5) is 4.72. The average molecular weight is 282 g/mol.